The number of halogens is 1. The maximum atomic E-state index is 11.6. The van der Waals surface area contributed by atoms with Gasteiger partial charge in [-0.3, -0.25) is 0 Å². The van der Waals surface area contributed by atoms with Crippen LogP contribution in [0.4, 0.5) is 4.39 Å². The van der Waals surface area contributed by atoms with Crippen molar-refractivity contribution in [3.8, 4) is 0 Å². The minimum Gasteiger partial charge on any atom is -0.347 e. The molecule has 1 aliphatic rings. The SMILES string of the molecule is FCOC1CCCCC1. The van der Waals surface area contributed by atoms with Crippen LogP contribution in [0.15, 0.2) is 0 Å². The summed E-state index contributed by atoms with van der Waals surface area (Å²) in [7, 11) is 0. The molecule has 0 aromatic carbocycles. The fourth-order valence-electron chi connectivity index (χ4n) is 1.32. The standard InChI is InChI=1S/C7H13FO/c8-6-9-7-4-2-1-3-5-7/h7H,1-6H2. The minimum absolute atomic E-state index is 0.226. The van der Waals surface area contributed by atoms with E-state index < -0.39 is 6.86 Å². The van der Waals surface area contributed by atoms with E-state index in [4.69, 9.17) is 4.74 Å². The molecule has 0 aromatic heterocycles. The van der Waals surface area contributed by atoms with Gasteiger partial charge in [0.05, 0.1) is 6.10 Å². The predicted octanol–water partition coefficient (Wildman–Crippen LogP) is 2.26. The monoisotopic (exact) mass is 132 g/mol. The second-order valence-electron chi connectivity index (χ2n) is 2.54. The van der Waals surface area contributed by atoms with Crippen molar-refractivity contribution in [2.45, 2.75) is 38.2 Å². The van der Waals surface area contributed by atoms with Gasteiger partial charge in [-0.05, 0) is 12.8 Å². The molecule has 0 saturated heterocycles. The molecule has 0 aromatic rings. The summed E-state index contributed by atoms with van der Waals surface area (Å²) in [6, 6.07) is 0. The van der Waals surface area contributed by atoms with E-state index in [1.54, 1.807) is 0 Å². The lowest BCUT2D eigenvalue weighted by Gasteiger charge is -2.19. The van der Waals surface area contributed by atoms with Gasteiger partial charge in [-0.2, -0.15) is 0 Å². The van der Waals surface area contributed by atoms with Crippen LogP contribution in [-0.2, 0) is 4.74 Å². The summed E-state index contributed by atoms with van der Waals surface area (Å²) in [6.45, 7) is -0.606. The van der Waals surface area contributed by atoms with Crippen molar-refractivity contribution in [2.24, 2.45) is 0 Å². The summed E-state index contributed by atoms with van der Waals surface area (Å²) >= 11 is 0. The number of ether oxygens (including phenoxy) is 1. The van der Waals surface area contributed by atoms with Gasteiger partial charge in [0.15, 0.2) is 6.86 Å². The van der Waals surface area contributed by atoms with Crippen LogP contribution in [0.25, 0.3) is 0 Å². The summed E-state index contributed by atoms with van der Waals surface area (Å²) in [6.07, 6.45) is 6.07. The lowest BCUT2D eigenvalue weighted by Crippen LogP contribution is -2.15. The summed E-state index contributed by atoms with van der Waals surface area (Å²) < 4.78 is 16.4. The predicted molar refractivity (Wildman–Crippen MR) is 33.9 cm³/mol. The van der Waals surface area contributed by atoms with Crippen molar-refractivity contribution in [3.05, 3.63) is 0 Å². The van der Waals surface area contributed by atoms with E-state index in [0.29, 0.717) is 0 Å². The molecule has 0 radical (unpaired) electrons. The van der Waals surface area contributed by atoms with Gasteiger partial charge in [-0.25, -0.2) is 4.39 Å². The maximum absolute atomic E-state index is 11.6. The van der Waals surface area contributed by atoms with E-state index in [1.165, 1.54) is 19.3 Å². The van der Waals surface area contributed by atoms with E-state index in [-0.39, 0.29) is 6.10 Å². The Morgan fingerprint density at radius 3 is 2.44 bits per heavy atom. The molecule has 1 rings (SSSR count). The Morgan fingerprint density at radius 1 is 1.22 bits per heavy atom. The summed E-state index contributed by atoms with van der Waals surface area (Å²) in [5, 5.41) is 0. The van der Waals surface area contributed by atoms with Crippen molar-refractivity contribution in [1.29, 1.82) is 0 Å². The first-order valence-corrected chi connectivity index (χ1v) is 3.61. The molecule has 0 atom stereocenters. The number of alkyl halides is 1. The van der Waals surface area contributed by atoms with Crippen LogP contribution in [0, 0.1) is 0 Å². The van der Waals surface area contributed by atoms with E-state index in [1.807, 2.05) is 0 Å². The second-order valence-corrected chi connectivity index (χ2v) is 2.54. The zero-order valence-electron chi connectivity index (χ0n) is 5.61. The van der Waals surface area contributed by atoms with Crippen LogP contribution in [-0.4, -0.2) is 13.0 Å². The molecule has 0 N–H and O–H groups in total. The van der Waals surface area contributed by atoms with Gasteiger partial charge in [0, 0.05) is 0 Å². The van der Waals surface area contributed by atoms with E-state index in [2.05, 4.69) is 0 Å². The largest absolute Gasteiger partial charge is 0.347 e. The van der Waals surface area contributed by atoms with Crippen molar-refractivity contribution < 1.29 is 9.13 Å². The van der Waals surface area contributed by atoms with E-state index in [0.717, 1.165) is 12.8 Å². The third-order valence-electron chi connectivity index (χ3n) is 1.85. The third kappa shape index (κ3) is 2.31. The molecule has 1 aliphatic carbocycles. The molecule has 1 fully saturated rings. The third-order valence-corrected chi connectivity index (χ3v) is 1.85. The molecule has 0 unspecified atom stereocenters. The summed E-state index contributed by atoms with van der Waals surface area (Å²) in [4.78, 5) is 0. The van der Waals surface area contributed by atoms with E-state index in [9.17, 15) is 4.39 Å². The molecule has 1 saturated carbocycles. The lowest BCUT2D eigenvalue weighted by atomic mass is 9.98. The maximum Gasteiger partial charge on any atom is 0.188 e. The Balaban J connectivity index is 2.08. The van der Waals surface area contributed by atoms with Gasteiger partial charge in [-0.1, -0.05) is 19.3 Å². The molecule has 1 nitrogen and oxygen atoms in total. The first-order chi connectivity index (χ1) is 4.43. The number of hydrogen-bond acceptors (Lipinski definition) is 1. The highest BCUT2D eigenvalue weighted by molar-refractivity contribution is 4.63. The molecule has 0 bridgehead atoms. The molecule has 9 heavy (non-hydrogen) atoms. The Labute approximate surface area is 55.2 Å². The molecule has 54 valence electrons. The first kappa shape index (κ1) is 7.00. The average Bonchev–Trinajstić information content (AvgIpc) is 1.91. The van der Waals surface area contributed by atoms with Crippen LogP contribution in [0.1, 0.15) is 32.1 Å². The molecule has 0 heterocycles. The van der Waals surface area contributed by atoms with Crippen LogP contribution in [0.3, 0.4) is 0 Å². The normalized spacial score (nSPS) is 22.3. The second kappa shape index (κ2) is 3.83. The Morgan fingerprint density at radius 2 is 1.89 bits per heavy atom. The van der Waals surface area contributed by atoms with Gasteiger partial charge in [0.25, 0.3) is 0 Å². The Hall–Kier alpha value is -0.110. The molecular weight excluding hydrogens is 119 g/mol. The Kier molecular flexibility index (Phi) is 2.98. The molecule has 0 spiro atoms. The zero-order valence-corrected chi connectivity index (χ0v) is 5.61. The van der Waals surface area contributed by atoms with Crippen molar-refractivity contribution in [2.75, 3.05) is 6.86 Å². The molecular formula is C7H13FO. The summed E-state index contributed by atoms with van der Waals surface area (Å²) in [5.74, 6) is 0. The fourth-order valence-corrected chi connectivity index (χ4v) is 1.32. The van der Waals surface area contributed by atoms with Gasteiger partial charge < -0.3 is 4.74 Å². The minimum atomic E-state index is -0.606. The van der Waals surface area contributed by atoms with Crippen LogP contribution < -0.4 is 0 Å². The lowest BCUT2D eigenvalue weighted by molar-refractivity contribution is -0.0216. The van der Waals surface area contributed by atoms with Gasteiger partial charge in [0.2, 0.25) is 0 Å². The average molecular weight is 132 g/mol. The van der Waals surface area contributed by atoms with Crippen molar-refractivity contribution >= 4 is 0 Å². The fraction of sp³-hybridized carbons (Fsp3) is 1.00. The van der Waals surface area contributed by atoms with Crippen LogP contribution >= 0.6 is 0 Å². The molecule has 0 amide bonds. The Bertz CT molecular complexity index is 66.6. The number of hydrogen-bond donors (Lipinski definition) is 0. The molecule has 0 aliphatic heterocycles. The topological polar surface area (TPSA) is 9.23 Å². The van der Waals surface area contributed by atoms with Crippen molar-refractivity contribution in [1.82, 2.24) is 0 Å². The number of rotatable bonds is 2. The van der Waals surface area contributed by atoms with Gasteiger partial charge in [0.1, 0.15) is 0 Å². The van der Waals surface area contributed by atoms with Crippen LogP contribution in [0.2, 0.25) is 0 Å². The highest BCUT2D eigenvalue weighted by atomic mass is 19.1. The highest BCUT2D eigenvalue weighted by Crippen LogP contribution is 2.19. The smallest absolute Gasteiger partial charge is 0.188 e. The first-order valence-electron chi connectivity index (χ1n) is 3.61. The van der Waals surface area contributed by atoms with Crippen LogP contribution in [0.5, 0.6) is 0 Å². The quantitative estimate of drug-likeness (QED) is 0.560. The van der Waals surface area contributed by atoms with Gasteiger partial charge >= 0.3 is 0 Å². The highest BCUT2D eigenvalue weighted by Gasteiger charge is 2.12. The summed E-state index contributed by atoms with van der Waals surface area (Å²) in [5.41, 5.74) is 0. The zero-order chi connectivity index (χ0) is 6.53. The molecule has 2 heteroatoms. The van der Waals surface area contributed by atoms with Gasteiger partial charge in [-0.15, -0.1) is 0 Å². The van der Waals surface area contributed by atoms with Crippen molar-refractivity contribution in [3.63, 3.8) is 0 Å². The van der Waals surface area contributed by atoms with E-state index >= 15 is 0 Å².